The van der Waals surface area contributed by atoms with E-state index in [1.54, 1.807) is 13.2 Å². The van der Waals surface area contributed by atoms with Crippen molar-refractivity contribution in [1.29, 1.82) is 0 Å². The van der Waals surface area contributed by atoms with Crippen LogP contribution >= 0.6 is 0 Å². The number of hydrogen-bond donors (Lipinski definition) is 1. The normalized spacial score (nSPS) is 12.8. The molecule has 0 aliphatic rings. The molecule has 0 fully saturated rings. The van der Waals surface area contributed by atoms with Crippen LogP contribution in [0.2, 0.25) is 0 Å². The van der Waals surface area contributed by atoms with Crippen LogP contribution in [0.5, 0.6) is 0 Å². The van der Waals surface area contributed by atoms with Gasteiger partial charge in [0, 0.05) is 0 Å². The Morgan fingerprint density at radius 2 is 2.38 bits per heavy atom. The van der Waals surface area contributed by atoms with E-state index in [1.807, 2.05) is 13.0 Å². The van der Waals surface area contributed by atoms with Gasteiger partial charge in [-0.3, -0.25) is 4.79 Å². The molecule has 1 rings (SSSR count). The number of aryl methyl sites for hydroxylation is 2. The van der Waals surface area contributed by atoms with Gasteiger partial charge in [0.05, 0.1) is 12.2 Å². The Balaban J connectivity index is 2.44. The van der Waals surface area contributed by atoms with E-state index >= 15 is 0 Å². The summed E-state index contributed by atoms with van der Waals surface area (Å²) in [5.74, 6) is -0.131. The summed E-state index contributed by atoms with van der Waals surface area (Å²) in [4.78, 5) is 10.5. The Morgan fingerprint density at radius 3 is 2.85 bits per heavy atom. The first-order valence-electron chi connectivity index (χ1n) is 4.37. The van der Waals surface area contributed by atoms with E-state index < -0.39 is 5.97 Å². The standard InChI is InChI=1S/C10H14O3/c1-7(10(11)12)3-4-9-5-6-13-8(9)2/h5-7H,3-4H2,1-2H3,(H,11,12). The van der Waals surface area contributed by atoms with Crippen molar-refractivity contribution in [2.45, 2.75) is 26.7 Å². The topological polar surface area (TPSA) is 50.4 Å². The van der Waals surface area contributed by atoms with Gasteiger partial charge in [-0.05, 0) is 31.4 Å². The molecule has 3 nitrogen and oxygen atoms in total. The van der Waals surface area contributed by atoms with Crippen LogP contribution in [0.3, 0.4) is 0 Å². The van der Waals surface area contributed by atoms with Crippen molar-refractivity contribution in [1.82, 2.24) is 0 Å². The molecule has 0 radical (unpaired) electrons. The second kappa shape index (κ2) is 4.12. The quantitative estimate of drug-likeness (QED) is 0.776. The molecule has 0 aliphatic carbocycles. The molecule has 1 unspecified atom stereocenters. The molecule has 1 aromatic rings. The minimum Gasteiger partial charge on any atom is -0.481 e. The Kier molecular flexibility index (Phi) is 3.12. The molecule has 1 aromatic heterocycles. The fourth-order valence-corrected chi connectivity index (χ4v) is 1.17. The van der Waals surface area contributed by atoms with Gasteiger partial charge in [0.2, 0.25) is 0 Å². The summed E-state index contributed by atoms with van der Waals surface area (Å²) >= 11 is 0. The zero-order chi connectivity index (χ0) is 9.84. The SMILES string of the molecule is Cc1occc1CCC(C)C(=O)O. The van der Waals surface area contributed by atoms with E-state index in [0.717, 1.165) is 17.7 Å². The Labute approximate surface area is 77.4 Å². The predicted octanol–water partition coefficient (Wildman–Crippen LogP) is 2.24. The van der Waals surface area contributed by atoms with E-state index in [4.69, 9.17) is 9.52 Å². The number of hydrogen-bond acceptors (Lipinski definition) is 2. The molecule has 0 spiro atoms. The van der Waals surface area contributed by atoms with Crippen LogP contribution in [0.4, 0.5) is 0 Å². The van der Waals surface area contributed by atoms with Crippen LogP contribution in [0.15, 0.2) is 16.7 Å². The number of carboxylic acid groups (broad SMARTS) is 1. The highest BCUT2D eigenvalue weighted by Crippen LogP contribution is 2.14. The van der Waals surface area contributed by atoms with E-state index in [9.17, 15) is 4.79 Å². The van der Waals surface area contributed by atoms with Gasteiger partial charge in [0.25, 0.3) is 0 Å². The number of furan rings is 1. The number of rotatable bonds is 4. The first kappa shape index (κ1) is 9.84. The zero-order valence-electron chi connectivity index (χ0n) is 7.91. The summed E-state index contributed by atoms with van der Waals surface area (Å²) in [6.45, 7) is 3.61. The van der Waals surface area contributed by atoms with E-state index in [2.05, 4.69) is 0 Å². The maximum Gasteiger partial charge on any atom is 0.306 e. The smallest absolute Gasteiger partial charge is 0.306 e. The lowest BCUT2D eigenvalue weighted by molar-refractivity contribution is -0.141. The third-order valence-electron chi connectivity index (χ3n) is 2.23. The van der Waals surface area contributed by atoms with Crippen LogP contribution in [-0.2, 0) is 11.2 Å². The Bertz CT molecular complexity index is 288. The van der Waals surface area contributed by atoms with Crippen LogP contribution in [0, 0.1) is 12.8 Å². The van der Waals surface area contributed by atoms with Gasteiger partial charge >= 0.3 is 5.97 Å². The third kappa shape index (κ3) is 2.61. The molecule has 3 heteroatoms. The van der Waals surface area contributed by atoms with Gasteiger partial charge in [0.1, 0.15) is 5.76 Å². The van der Waals surface area contributed by atoms with Gasteiger partial charge < -0.3 is 9.52 Å². The van der Waals surface area contributed by atoms with Crippen molar-refractivity contribution in [3.8, 4) is 0 Å². The minimum absolute atomic E-state index is 0.283. The van der Waals surface area contributed by atoms with Crippen LogP contribution in [0.25, 0.3) is 0 Å². The molecule has 0 bridgehead atoms. The molecule has 0 saturated heterocycles. The van der Waals surface area contributed by atoms with Gasteiger partial charge in [-0.1, -0.05) is 6.92 Å². The maximum atomic E-state index is 10.5. The summed E-state index contributed by atoms with van der Waals surface area (Å²) in [5.41, 5.74) is 1.10. The molecule has 1 heterocycles. The van der Waals surface area contributed by atoms with Gasteiger partial charge in [-0.2, -0.15) is 0 Å². The van der Waals surface area contributed by atoms with Crippen molar-refractivity contribution in [3.63, 3.8) is 0 Å². The molecule has 0 aliphatic heterocycles. The number of carbonyl (C=O) groups is 1. The average Bonchev–Trinajstić information content (AvgIpc) is 2.47. The molecule has 0 saturated carbocycles. The van der Waals surface area contributed by atoms with Crippen LogP contribution in [-0.4, -0.2) is 11.1 Å². The summed E-state index contributed by atoms with van der Waals surface area (Å²) in [5, 5.41) is 8.66. The van der Waals surface area contributed by atoms with Crippen molar-refractivity contribution in [2.24, 2.45) is 5.92 Å². The molecule has 13 heavy (non-hydrogen) atoms. The highest BCUT2D eigenvalue weighted by Gasteiger charge is 2.11. The second-order valence-electron chi connectivity index (χ2n) is 3.28. The Morgan fingerprint density at radius 1 is 1.69 bits per heavy atom. The summed E-state index contributed by atoms with van der Waals surface area (Å²) in [6, 6.07) is 1.89. The first-order valence-corrected chi connectivity index (χ1v) is 4.37. The lowest BCUT2D eigenvalue weighted by Gasteiger charge is -2.04. The lowest BCUT2D eigenvalue weighted by atomic mass is 10.0. The first-order chi connectivity index (χ1) is 6.11. The van der Waals surface area contributed by atoms with Crippen molar-refractivity contribution < 1.29 is 14.3 Å². The van der Waals surface area contributed by atoms with Crippen LogP contribution in [0.1, 0.15) is 24.7 Å². The average molecular weight is 182 g/mol. The highest BCUT2D eigenvalue weighted by molar-refractivity contribution is 5.69. The van der Waals surface area contributed by atoms with Crippen molar-refractivity contribution in [2.75, 3.05) is 0 Å². The molecule has 0 amide bonds. The highest BCUT2D eigenvalue weighted by atomic mass is 16.4. The van der Waals surface area contributed by atoms with Crippen molar-refractivity contribution in [3.05, 3.63) is 23.7 Å². The molecular formula is C10H14O3. The van der Waals surface area contributed by atoms with E-state index in [1.165, 1.54) is 0 Å². The monoisotopic (exact) mass is 182 g/mol. The fourth-order valence-electron chi connectivity index (χ4n) is 1.17. The van der Waals surface area contributed by atoms with E-state index in [0.29, 0.717) is 6.42 Å². The summed E-state index contributed by atoms with van der Waals surface area (Å²) in [6.07, 6.45) is 3.07. The third-order valence-corrected chi connectivity index (χ3v) is 2.23. The zero-order valence-corrected chi connectivity index (χ0v) is 7.91. The molecule has 0 aromatic carbocycles. The van der Waals surface area contributed by atoms with Gasteiger partial charge in [0.15, 0.2) is 0 Å². The van der Waals surface area contributed by atoms with E-state index in [-0.39, 0.29) is 5.92 Å². The second-order valence-corrected chi connectivity index (χ2v) is 3.28. The fraction of sp³-hybridized carbons (Fsp3) is 0.500. The van der Waals surface area contributed by atoms with Crippen molar-refractivity contribution >= 4 is 5.97 Å². The predicted molar refractivity (Wildman–Crippen MR) is 48.6 cm³/mol. The molecule has 72 valence electrons. The number of carboxylic acids is 1. The molecule has 1 atom stereocenters. The molecule has 1 N–H and O–H groups in total. The molecular weight excluding hydrogens is 168 g/mol. The maximum absolute atomic E-state index is 10.5. The lowest BCUT2D eigenvalue weighted by Crippen LogP contribution is -2.10. The van der Waals surface area contributed by atoms with Crippen LogP contribution < -0.4 is 0 Å². The van der Waals surface area contributed by atoms with Gasteiger partial charge in [-0.15, -0.1) is 0 Å². The summed E-state index contributed by atoms with van der Waals surface area (Å²) in [7, 11) is 0. The summed E-state index contributed by atoms with van der Waals surface area (Å²) < 4.78 is 5.11. The minimum atomic E-state index is -0.735. The Hall–Kier alpha value is -1.25. The number of aliphatic carboxylic acids is 1. The van der Waals surface area contributed by atoms with Gasteiger partial charge in [-0.25, -0.2) is 0 Å². The largest absolute Gasteiger partial charge is 0.481 e.